The molecule has 0 saturated heterocycles. The van der Waals surface area contributed by atoms with Crippen molar-refractivity contribution in [3.8, 4) is 0 Å². The highest BCUT2D eigenvalue weighted by molar-refractivity contribution is 5.90. The lowest BCUT2D eigenvalue weighted by Gasteiger charge is -2.30. The van der Waals surface area contributed by atoms with Crippen LogP contribution in [-0.4, -0.2) is 5.78 Å². The number of ketones is 1. The van der Waals surface area contributed by atoms with Gasteiger partial charge in [0.25, 0.3) is 0 Å². The predicted molar refractivity (Wildman–Crippen MR) is 69.3 cm³/mol. The van der Waals surface area contributed by atoms with Gasteiger partial charge in [-0.25, -0.2) is 0 Å². The molecule has 0 amide bonds. The lowest BCUT2D eigenvalue weighted by molar-refractivity contribution is -0.114. The van der Waals surface area contributed by atoms with E-state index >= 15 is 0 Å². The van der Waals surface area contributed by atoms with Crippen molar-refractivity contribution in [1.29, 1.82) is 0 Å². The molecule has 1 heteroatoms. The molecule has 0 spiro atoms. The molecule has 0 N–H and O–H groups in total. The molecule has 16 heavy (non-hydrogen) atoms. The lowest BCUT2D eigenvalue weighted by atomic mass is 9.74. The van der Waals surface area contributed by atoms with Gasteiger partial charge in [0.15, 0.2) is 5.78 Å². The molecule has 88 valence electrons. The van der Waals surface area contributed by atoms with E-state index in [-0.39, 0.29) is 11.2 Å². The summed E-state index contributed by atoms with van der Waals surface area (Å²) in [7, 11) is 0. The van der Waals surface area contributed by atoms with E-state index in [0.29, 0.717) is 6.42 Å². The van der Waals surface area contributed by atoms with Crippen LogP contribution in [0.5, 0.6) is 0 Å². The van der Waals surface area contributed by atoms with Crippen molar-refractivity contribution in [2.45, 2.75) is 46.0 Å². The lowest BCUT2D eigenvalue weighted by Crippen LogP contribution is -2.18. The largest absolute Gasteiger partial charge is 0.295 e. The first-order valence-corrected chi connectivity index (χ1v) is 5.97. The fourth-order valence-corrected chi connectivity index (χ4v) is 2.40. The Hall–Kier alpha value is -1.11. The van der Waals surface area contributed by atoms with Crippen LogP contribution in [0.25, 0.3) is 0 Å². The first kappa shape index (κ1) is 13.0. The Morgan fingerprint density at radius 1 is 1.62 bits per heavy atom. The number of rotatable bonds is 4. The highest BCUT2D eigenvalue weighted by Crippen LogP contribution is 2.41. The Kier molecular flexibility index (Phi) is 4.28. The van der Waals surface area contributed by atoms with E-state index in [2.05, 4.69) is 20.1 Å². The maximum absolute atomic E-state index is 11.6. The Balaban J connectivity index is 3.01. The fraction of sp³-hybridized carbons (Fsp3) is 0.533. The molecule has 0 aromatic carbocycles. The van der Waals surface area contributed by atoms with Crippen LogP contribution in [0.15, 0.2) is 36.5 Å². The van der Waals surface area contributed by atoms with Gasteiger partial charge in [-0.05, 0) is 44.1 Å². The van der Waals surface area contributed by atoms with Crippen LogP contribution >= 0.6 is 0 Å². The number of hydrogen-bond acceptors (Lipinski definition) is 1. The second kappa shape index (κ2) is 5.29. The molecule has 0 heterocycles. The minimum atomic E-state index is 0.104. The molecule has 0 aliphatic heterocycles. The van der Waals surface area contributed by atoms with Crippen molar-refractivity contribution in [2.75, 3.05) is 0 Å². The Morgan fingerprint density at radius 2 is 2.31 bits per heavy atom. The Labute approximate surface area is 98.9 Å². The fourth-order valence-electron chi connectivity index (χ4n) is 2.40. The third-order valence-electron chi connectivity index (χ3n) is 3.35. The van der Waals surface area contributed by atoms with E-state index < -0.39 is 0 Å². The molecule has 1 atom stereocenters. The van der Waals surface area contributed by atoms with E-state index in [1.54, 1.807) is 0 Å². The van der Waals surface area contributed by atoms with Gasteiger partial charge in [-0.2, -0.15) is 0 Å². The summed E-state index contributed by atoms with van der Waals surface area (Å²) in [5.74, 6) is 0.268. The zero-order valence-electron chi connectivity index (χ0n) is 10.5. The normalized spacial score (nSPS) is 25.9. The Bertz CT molecular complexity index is 335. The average molecular weight is 218 g/mol. The molecule has 0 unspecified atom stereocenters. The smallest absolute Gasteiger partial charge is 0.155 e. The highest BCUT2D eigenvalue weighted by Gasteiger charge is 2.29. The third-order valence-corrected chi connectivity index (χ3v) is 3.35. The summed E-state index contributed by atoms with van der Waals surface area (Å²) < 4.78 is 0. The van der Waals surface area contributed by atoms with E-state index in [9.17, 15) is 4.79 Å². The van der Waals surface area contributed by atoms with Gasteiger partial charge >= 0.3 is 0 Å². The molecule has 0 aromatic heterocycles. The van der Waals surface area contributed by atoms with Gasteiger partial charge in [0, 0.05) is 6.42 Å². The second-order valence-electron chi connectivity index (χ2n) is 5.18. The molecule has 0 aromatic rings. The van der Waals surface area contributed by atoms with Gasteiger partial charge in [-0.3, -0.25) is 4.79 Å². The molecule has 0 saturated carbocycles. The van der Waals surface area contributed by atoms with E-state index in [4.69, 9.17) is 0 Å². The standard InChI is InChI=1S/C15H22O/c1-5-8-15(4)9-6-7-14(16)11-13(15)10-12(2)3/h5,11H,1-2,6-10H2,3-4H3/t15-/m1/s1. The maximum atomic E-state index is 11.6. The maximum Gasteiger partial charge on any atom is 0.155 e. The molecule has 1 aliphatic rings. The van der Waals surface area contributed by atoms with Crippen LogP contribution in [0.2, 0.25) is 0 Å². The van der Waals surface area contributed by atoms with Crippen molar-refractivity contribution in [2.24, 2.45) is 5.41 Å². The zero-order valence-corrected chi connectivity index (χ0v) is 10.5. The molecule has 1 nitrogen and oxygen atoms in total. The van der Waals surface area contributed by atoms with Gasteiger partial charge < -0.3 is 0 Å². The summed E-state index contributed by atoms with van der Waals surface area (Å²) >= 11 is 0. The van der Waals surface area contributed by atoms with Crippen LogP contribution < -0.4 is 0 Å². The molecule has 1 rings (SSSR count). The topological polar surface area (TPSA) is 17.1 Å². The minimum absolute atomic E-state index is 0.104. The molecule has 0 radical (unpaired) electrons. The van der Waals surface area contributed by atoms with Crippen LogP contribution in [0.3, 0.4) is 0 Å². The summed E-state index contributed by atoms with van der Waals surface area (Å²) in [5, 5.41) is 0. The zero-order chi connectivity index (χ0) is 12.2. The minimum Gasteiger partial charge on any atom is -0.295 e. The summed E-state index contributed by atoms with van der Waals surface area (Å²) in [6, 6.07) is 0. The SMILES string of the molecule is C=CC[C@]1(C)CCCC(=O)C=C1CC(=C)C. The summed E-state index contributed by atoms with van der Waals surface area (Å²) in [6.45, 7) is 12.0. The quantitative estimate of drug-likeness (QED) is 0.646. The van der Waals surface area contributed by atoms with Gasteiger partial charge in [0.1, 0.15) is 0 Å². The van der Waals surface area contributed by atoms with Crippen LogP contribution in [-0.2, 0) is 4.79 Å². The first-order chi connectivity index (χ1) is 7.48. The molecular weight excluding hydrogens is 196 g/mol. The first-order valence-electron chi connectivity index (χ1n) is 5.97. The molecule has 1 aliphatic carbocycles. The highest BCUT2D eigenvalue weighted by atomic mass is 16.1. The van der Waals surface area contributed by atoms with E-state index in [0.717, 1.165) is 31.3 Å². The van der Waals surface area contributed by atoms with Crippen LogP contribution in [0.1, 0.15) is 46.0 Å². The number of carbonyl (C=O) groups is 1. The van der Waals surface area contributed by atoms with Gasteiger partial charge in [0.2, 0.25) is 0 Å². The van der Waals surface area contributed by atoms with Gasteiger partial charge in [-0.15, -0.1) is 6.58 Å². The predicted octanol–water partition coefficient (Wildman–Crippen LogP) is 4.21. The van der Waals surface area contributed by atoms with Crippen molar-refractivity contribution in [3.63, 3.8) is 0 Å². The van der Waals surface area contributed by atoms with Gasteiger partial charge in [-0.1, -0.05) is 30.7 Å². The van der Waals surface area contributed by atoms with Crippen molar-refractivity contribution in [3.05, 3.63) is 36.5 Å². The molecule has 0 bridgehead atoms. The second-order valence-corrected chi connectivity index (χ2v) is 5.18. The van der Waals surface area contributed by atoms with E-state index in [1.165, 1.54) is 5.57 Å². The van der Waals surface area contributed by atoms with Crippen molar-refractivity contribution in [1.82, 2.24) is 0 Å². The summed E-state index contributed by atoms with van der Waals surface area (Å²) in [4.78, 5) is 11.6. The Morgan fingerprint density at radius 3 is 2.88 bits per heavy atom. The summed E-state index contributed by atoms with van der Waals surface area (Å²) in [6.07, 6.45) is 8.35. The summed E-state index contributed by atoms with van der Waals surface area (Å²) in [5.41, 5.74) is 2.46. The average Bonchev–Trinajstić information content (AvgIpc) is 2.27. The monoisotopic (exact) mass is 218 g/mol. The van der Waals surface area contributed by atoms with E-state index in [1.807, 2.05) is 19.1 Å². The third kappa shape index (κ3) is 3.19. The number of hydrogen-bond donors (Lipinski definition) is 0. The van der Waals surface area contributed by atoms with Crippen molar-refractivity contribution >= 4 is 5.78 Å². The number of carbonyl (C=O) groups excluding carboxylic acids is 1. The molecule has 0 fully saturated rings. The van der Waals surface area contributed by atoms with Crippen molar-refractivity contribution < 1.29 is 4.79 Å². The molecular formula is C15H22O. The van der Waals surface area contributed by atoms with Gasteiger partial charge in [0.05, 0.1) is 0 Å². The van der Waals surface area contributed by atoms with Crippen LogP contribution in [0, 0.1) is 5.41 Å². The van der Waals surface area contributed by atoms with Crippen LogP contribution in [0.4, 0.5) is 0 Å². The number of allylic oxidation sites excluding steroid dienone is 4.